The van der Waals surface area contributed by atoms with Crippen LogP contribution in [0.3, 0.4) is 0 Å². The van der Waals surface area contributed by atoms with Crippen molar-refractivity contribution in [1.82, 2.24) is 4.98 Å². The Morgan fingerprint density at radius 1 is 1.33 bits per heavy atom. The molecule has 2 heterocycles. The number of ether oxygens (including phenoxy) is 1. The van der Waals surface area contributed by atoms with E-state index in [0.717, 1.165) is 0 Å². The van der Waals surface area contributed by atoms with E-state index in [0.29, 0.717) is 5.69 Å². The fourth-order valence-corrected chi connectivity index (χ4v) is 1.71. The zero-order valence-corrected chi connectivity index (χ0v) is 12.0. The Hall–Kier alpha value is -2.64. The van der Waals surface area contributed by atoms with Crippen molar-refractivity contribution < 1.29 is 23.3 Å². The molecule has 0 bridgehead atoms. The van der Waals surface area contributed by atoms with Crippen LogP contribution in [0.2, 0.25) is 0 Å². The minimum atomic E-state index is -0.668. The van der Waals surface area contributed by atoms with Gasteiger partial charge in [0.1, 0.15) is 10.6 Å². The molecule has 0 aliphatic heterocycles. The monoisotopic (exact) mass is 294 g/mol. The van der Waals surface area contributed by atoms with E-state index in [2.05, 4.69) is 9.72 Å². The van der Waals surface area contributed by atoms with Crippen LogP contribution >= 0.6 is 0 Å². The van der Waals surface area contributed by atoms with E-state index in [1.54, 1.807) is 0 Å². The molecule has 8 nitrogen and oxygen atoms in total. The minimum absolute atomic E-state index is 0.00609. The summed E-state index contributed by atoms with van der Waals surface area (Å²) in [7, 11) is 1.23. The molecule has 0 aliphatic rings. The summed E-state index contributed by atoms with van der Waals surface area (Å²) in [6.45, 7) is 5.56. The molecule has 0 unspecified atom stereocenters. The van der Waals surface area contributed by atoms with Crippen LogP contribution in [-0.2, 0) is 10.2 Å². The lowest BCUT2D eigenvalue weighted by molar-refractivity contribution is -0.401. The third-order valence-electron chi connectivity index (χ3n) is 2.69. The van der Waals surface area contributed by atoms with Crippen molar-refractivity contribution >= 4 is 11.9 Å². The van der Waals surface area contributed by atoms with Crippen LogP contribution in [0.1, 0.15) is 37.0 Å². The molecule has 2 aromatic rings. The maximum absolute atomic E-state index is 11.7. The molecule has 0 saturated carbocycles. The normalized spacial score (nSPS) is 11.4. The van der Waals surface area contributed by atoms with Crippen molar-refractivity contribution in [3.05, 3.63) is 33.7 Å². The summed E-state index contributed by atoms with van der Waals surface area (Å²) in [5.41, 5.74) is -0.0764. The topological polar surface area (TPSA) is 109 Å². The molecule has 0 spiro atoms. The van der Waals surface area contributed by atoms with Gasteiger partial charge in [-0.25, -0.2) is 9.78 Å². The molecule has 8 heteroatoms. The Labute approximate surface area is 119 Å². The molecule has 112 valence electrons. The van der Waals surface area contributed by atoms with E-state index >= 15 is 0 Å². The number of nitro groups is 1. The van der Waals surface area contributed by atoms with Crippen molar-refractivity contribution in [2.75, 3.05) is 7.11 Å². The van der Waals surface area contributed by atoms with E-state index in [9.17, 15) is 14.9 Å². The van der Waals surface area contributed by atoms with Crippen molar-refractivity contribution in [2.24, 2.45) is 0 Å². The zero-order valence-electron chi connectivity index (χ0n) is 12.0. The smallest absolute Gasteiger partial charge is 0.433 e. The second-order valence-corrected chi connectivity index (χ2v) is 5.33. The van der Waals surface area contributed by atoms with Crippen LogP contribution in [-0.4, -0.2) is 23.0 Å². The number of nitrogens with zero attached hydrogens (tertiary/aromatic N) is 2. The number of carbonyl (C=O) groups excluding carboxylic acids is 1. The summed E-state index contributed by atoms with van der Waals surface area (Å²) in [5.74, 6) is -1.07. The summed E-state index contributed by atoms with van der Waals surface area (Å²) >= 11 is 0. The van der Waals surface area contributed by atoms with Crippen LogP contribution in [0.5, 0.6) is 0 Å². The van der Waals surface area contributed by atoms with Gasteiger partial charge in [-0.05, 0) is 6.07 Å². The van der Waals surface area contributed by atoms with Gasteiger partial charge in [0.15, 0.2) is 5.76 Å². The maximum atomic E-state index is 11.7. The van der Waals surface area contributed by atoms with Gasteiger partial charge in [-0.1, -0.05) is 20.8 Å². The third kappa shape index (κ3) is 2.78. The molecule has 21 heavy (non-hydrogen) atoms. The van der Waals surface area contributed by atoms with Crippen molar-refractivity contribution in [1.29, 1.82) is 0 Å². The Bertz CT molecular complexity index is 692. The van der Waals surface area contributed by atoms with Crippen LogP contribution in [0.25, 0.3) is 11.7 Å². The van der Waals surface area contributed by atoms with Gasteiger partial charge in [-0.3, -0.25) is 10.1 Å². The van der Waals surface area contributed by atoms with Crippen molar-refractivity contribution in [3.63, 3.8) is 0 Å². The minimum Gasteiger partial charge on any atom is -0.463 e. The average molecular weight is 294 g/mol. The molecule has 0 saturated heterocycles. The highest BCUT2D eigenvalue weighted by atomic mass is 16.6. The van der Waals surface area contributed by atoms with Gasteiger partial charge in [0.25, 0.3) is 5.89 Å². The number of hydrogen-bond acceptors (Lipinski definition) is 7. The summed E-state index contributed by atoms with van der Waals surface area (Å²) in [6, 6.07) is 2.55. The number of oxazole rings is 1. The molecule has 0 fully saturated rings. The Balaban J connectivity index is 2.52. The number of hydrogen-bond donors (Lipinski definition) is 0. The number of methoxy groups -OCH3 is 1. The molecule has 0 aromatic carbocycles. The highest BCUT2D eigenvalue weighted by Crippen LogP contribution is 2.32. The molecule has 0 radical (unpaired) electrons. The van der Waals surface area contributed by atoms with Gasteiger partial charge < -0.3 is 13.6 Å². The quantitative estimate of drug-likeness (QED) is 0.486. The molecule has 0 atom stereocenters. The lowest BCUT2D eigenvalue weighted by Crippen LogP contribution is -2.17. The largest absolute Gasteiger partial charge is 0.463 e. The second-order valence-electron chi connectivity index (χ2n) is 5.33. The first-order valence-electron chi connectivity index (χ1n) is 6.08. The Kier molecular flexibility index (Phi) is 3.54. The van der Waals surface area contributed by atoms with Crippen LogP contribution < -0.4 is 0 Å². The predicted octanol–water partition coefficient (Wildman–Crippen LogP) is 2.93. The summed E-state index contributed by atoms with van der Waals surface area (Å²) in [4.78, 5) is 25.9. The number of furan rings is 1. The van der Waals surface area contributed by atoms with Gasteiger partial charge >= 0.3 is 11.9 Å². The highest BCUT2D eigenvalue weighted by Gasteiger charge is 2.31. The molecule has 0 amide bonds. The van der Waals surface area contributed by atoms with Crippen molar-refractivity contribution in [2.45, 2.75) is 26.2 Å². The summed E-state index contributed by atoms with van der Waals surface area (Å²) in [6.07, 6.45) is 0. The SMILES string of the molecule is COC(=O)c1oc(-c2ccc([N+](=O)[O-])o2)nc1C(C)(C)C. The molecule has 2 aromatic heterocycles. The van der Waals surface area contributed by atoms with Gasteiger partial charge in [-0.2, -0.15) is 0 Å². The number of carbonyl (C=O) groups is 1. The molecule has 0 N–H and O–H groups in total. The van der Waals surface area contributed by atoms with E-state index in [1.165, 1.54) is 19.2 Å². The van der Waals surface area contributed by atoms with Gasteiger partial charge in [0.05, 0.1) is 13.2 Å². The molecule has 2 rings (SSSR count). The summed E-state index contributed by atoms with van der Waals surface area (Å²) in [5, 5.41) is 10.6. The molecule has 0 aliphatic carbocycles. The first-order valence-corrected chi connectivity index (χ1v) is 6.08. The maximum Gasteiger partial charge on any atom is 0.433 e. The predicted molar refractivity (Wildman–Crippen MR) is 70.9 cm³/mol. The molecular formula is C13H14N2O6. The van der Waals surface area contributed by atoms with Crippen LogP contribution in [0.4, 0.5) is 5.88 Å². The van der Waals surface area contributed by atoms with Gasteiger partial charge in [-0.15, -0.1) is 0 Å². The standard InChI is InChI=1S/C13H14N2O6/c1-13(2,3)10-9(12(16)19-4)21-11(14-10)7-5-6-8(20-7)15(17)18/h5-6H,1-4H3. The third-order valence-corrected chi connectivity index (χ3v) is 2.69. The fourth-order valence-electron chi connectivity index (χ4n) is 1.71. The number of esters is 1. The second kappa shape index (κ2) is 5.04. The van der Waals surface area contributed by atoms with Crippen molar-refractivity contribution in [3.8, 4) is 11.7 Å². The van der Waals surface area contributed by atoms with Crippen LogP contribution in [0, 0.1) is 10.1 Å². The van der Waals surface area contributed by atoms with Gasteiger partial charge in [0.2, 0.25) is 5.76 Å². The first kappa shape index (κ1) is 14.8. The highest BCUT2D eigenvalue weighted by molar-refractivity contribution is 5.88. The summed E-state index contributed by atoms with van der Waals surface area (Å²) < 4.78 is 15.0. The Morgan fingerprint density at radius 3 is 2.48 bits per heavy atom. The van der Waals surface area contributed by atoms with E-state index in [1.807, 2.05) is 20.8 Å². The average Bonchev–Trinajstić information content (AvgIpc) is 3.03. The first-order chi connectivity index (χ1) is 9.74. The van der Waals surface area contributed by atoms with E-state index in [-0.39, 0.29) is 17.4 Å². The van der Waals surface area contributed by atoms with E-state index < -0.39 is 22.2 Å². The number of rotatable bonds is 3. The van der Waals surface area contributed by atoms with Gasteiger partial charge in [0, 0.05) is 5.41 Å². The fraction of sp³-hybridized carbons (Fsp3) is 0.385. The lowest BCUT2D eigenvalue weighted by Gasteiger charge is -2.15. The Morgan fingerprint density at radius 2 is 2.00 bits per heavy atom. The van der Waals surface area contributed by atoms with E-state index in [4.69, 9.17) is 8.83 Å². The zero-order chi connectivity index (χ0) is 15.8. The number of aromatic nitrogens is 1. The molecular weight excluding hydrogens is 280 g/mol. The lowest BCUT2D eigenvalue weighted by atomic mass is 9.91. The van der Waals surface area contributed by atoms with Crippen LogP contribution in [0.15, 0.2) is 21.0 Å².